The third kappa shape index (κ3) is 3.58. The van der Waals surface area contributed by atoms with Crippen LogP contribution in [-0.4, -0.2) is 10.7 Å². The van der Waals surface area contributed by atoms with E-state index < -0.39 is 5.60 Å². The highest BCUT2D eigenvalue weighted by molar-refractivity contribution is 9.10. The molecule has 0 atom stereocenters. The molecule has 0 fully saturated rings. The van der Waals surface area contributed by atoms with Crippen LogP contribution in [0.3, 0.4) is 0 Å². The van der Waals surface area contributed by atoms with Gasteiger partial charge >= 0.3 is 0 Å². The molecule has 0 saturated carbocycles. The maximum absolute atomic E-state index is 13.1. The van der Waals surface area contributed by atoms with Crippen LogP contribution in [0.4, 0.5) is 4.39 Å². The van der Waals surface area contributed by atoms with Crippen molar-refractivity contribution in [1.29, 1.82) is 0 Å². The summed E-state index contributed by atoms with van der Waals surface area (Å²) < 4.78 is 13.8. The third-order valence-corrected chi connectivity index (χ3v) is 3.23. The van der Waals surface area contributed by atoms with Crippen molar-refractivity contribution < 1.29 is 9.50 Å². The molecule has 0 saturated heterocycles. The van der Waals surface area contributed by atoms with Gasteiger partial charge in [0.05, 0.1) is 5.60 Å². The Labute approximate surface area is 98.4 Å². The van der Waals surface area contributed by atoms with Crippen LogP contribution in [0.1, 0.15) is 32.3 Å². The second kappa shape index (κ2) is 5.08. The molecule has 0 aromatic heterocycles. The Balaban J connectivity index is 2.88. The molecule has 0 unspecified atom stereocenters. The lowest BCUT2D eigenvalue weighted by atomic mass is 9.89. The van der Waals surface area contributed by atoms with Gasteiger partial charge in [0.1, 0.15) is 5.82 Å². The second-order valence-electron chi connectivity index (χ2n) is 3.89. The lowest BCUT2D eigenvalue weighted by molar-refractivity contribution is 0.0326. The molecule has 84 valence electrons. The SMILES string of the molecule is CCC(O)(CC)Cc1cc(F)cc(Br)c1. The van der Waals surface area contributed by atoms with Gasteiger partial charge in [0.15, 0.2) is 0 Å². The molecule has 3 heteroatoms. The Hall–Kier alpha value is -0.410. The summed E-state index contributed by atoms with van der Waals surface area (Å²) in [6.45, 7) is 3.88. The summed E-state index contributed by atoms with van der Waals surface area (Å²) in [4.78, 5) is 0. The van der Waals surface area contributed by atoms with Gasteiger partial charge in [0.2, 0.25) is 0 Å². The molecule has 1 aromatic carbocycles. The first-order valence-electron chi connectivity index (χ1n) is 5.16. The maximum atomic E-state index is 13.1. The van der Waals surface area contributed by atoms with Gasteiger partial charge < -0.3 is 5.11 Å². The van der Waals surface area contributed by atoms with Crippen molar-refractivity contribution in [1.82, 2.24) is 0 Å². The van der Waals surface area contributed by atoms with Crippen LogP contribution in [0.25, 0.3) is 0 Å². The van der Waals surface area contributed by atoms with Gasteiger partial charge in [-0.25, -0.2) is 4.39 Å². The van der Waals surface area contributed by atoms with Crippen molar-refractivity contribution in [2.75, 3.05) is 0 Å². The number of halogens is 2. The Bertz CT molecular complexity index is 314. The summed E-state index contributed by atoms with van der Waals surface area (Å²) in [5.41, 5.74) is 0.112. The van der Waals surface area contributed by atoms with E-state index in [-0.39, 0.29) is 5.82 Å². The summed E-state index contributed by atoms with van der Waals surface area (Å²) in [5.74, 6) is -0.270. The number of aliphatic hydroxyl groups is 1. The molecule has 0 aliphatic rings. The smallest absolute Gasteiger partial charge is 0.124 e. The van der Waals surface area contributed by atoms with Gasteiger partial charge in [-0.1, -0.05) is 29.8 Å². The number of benzene rings is 1. The fourth-order valence-corrected chi connectivity index (χ4v) is 2.11. The highest BCUT2D eigenvalue weighted by Gasteiger charge is 2.22. The van der Waals surface area contributed by atoms with Crippen LogP contribution < -0.4 is 0 Å². The molecule has 0 amide bonds. The zero-order chi connectivity index (χ0) is 11.5. The first-order valence-corrected chi connectivity index (χ1v) is 5.96. The molecule has 0 bridgehead atoms. The zero-order valence-electron chi connectivity index (χ0n) is 9.06. The molecule has 0 spiro atoms. The van der Waals surface area contributed by atoms with Crippen LogP contribution in [0.15, 0.2) is 22.7 Å². The minimum absolute atomic E-state index is 0.270. The van der Waals surface area contributed by atoms with Crippen molar-refractivity contribution in [3.8, 4) is 0 Å². The van der Waals surface area contributed by atoms with Crippen LogP contribution in [0.5, 0.6) is 0 Å². The van der Waals surface area contributed by atoms with E-state index in [1.54, 1.807) is 0 Å². The molecule has 1 rings (SSSR count). The summed E-state index contributed by atoms with van der Waals surface area (Å²) in [6.07, 6.45) is 1.85. The molecule has 1 nitrogen and oxygen atoms in total. The van der Waals surface area contributed by atoms with E-state index >= 15 is 0 Å². The molecule has 1 N–H and O–H groups in total. The lowest BCUT2D eigenvalue weighted by Gasteiger charge is -2.25. The van der Waals surface area contributed by atoms with E-state index in [0.717, 1.165) is 5.56 Å². The van der Waals surface area contributed by atoms with E-state index in [4.69, 9.17) is 0 Å². The molecule has 0 aliphatic heterocycles. The fraction of sp³-hybridized carbons (Fsp3) is 0.500. The van der Waals surface area contributed by atoms with E-state index in [1.807, 2.05) is 19.9 Å². The Morgan fingerprint density at radius 2 is 1.87 bits per heavy atom. The van der Waals surface area contributed by atoms with Crippen LogP contribution in [0, 0.1) is 5.82 Å². The Morgan fingerprint density at radius 1 is 1.27 bits per heavy atom. The summed E-state index contributed by atoms with van der Waals surface area (Å²) in [6, 6.07) is 4.74. The second-order valence-corrected chi connectivity index (χ2v) is 4.80. The van der Waals surface area contributed by atoms with Gasteiger partial charge in [-0.05, 0) is 36.6 Å². The van der Waals surface area contributed by atoms with E-state index in [1.165, 1.54) is 12.1 Å². The molecule has 1 aromatic rings. The van der Waals surface area contributed by atoms with E-state index in [0.29, 0.717) is 23.7 Å². The van der Waals surface area contributed by atoms with Crippen molar-refractivity contribution in [2.45, 2.75) is 38.7 Å². The summed E-state index contributed by atoms with van der Waals surface area (Å²) in [7, 11) is 0. The van der Waals surface area contributed by atoms with Gasteiger partial charge in [0, 0.05) is 10.9 Å². The standard InChI is InChI=1S/C12H16BrFO/c1-3-12(15,4-2)8-9-5-10(13)7-11(14)6-9/h5-7,15H,3-4,8H2,1-2H3. The van der Waals surface area contributed by atoms with Crippen LogP contribution >= 0.6 is 15.9 Å². The van der Waals surface area contributed by atoms with Crippen molar-refractivity contribution in [3.05, 3.63) is 34.1 Å². The maximum Gasteiger partial charge on any atom is 0.124 e. The van der Waals surface area contributed by atoms with Crippen LogP contribution in [-0.2, 0) is 6.42 Å². The molecular formula is C12H16BrFO. The van der Waals surface area contributed by atoms with Crippen molar-refractivity contribution in [2.24, 2.45) is 0 Å². The number of hydrogen-bond acceptors (Lipinski definition) is 1. The highest BCUT2D eigenvalue weighted by atomic mass is 79.9. The first kappa shape index (κ1) is 12.7. The Kier molecular flexibility index (Phi) is 4.29. The minimum Gasteiger partial charge on any atom is -0.390 e. The van der Waals surface area contributed by atoms with Gasteiger partial charge in [-0.2, -0.15) is 0 Å². The summed E-state index contributed by atoms with van der Waals surface area (Å²) >= 11 is 3.24. The van der Waals surface area contributed by atoms with Gasteiger partial charge in [-0.15, -0.1) is 0 Å². The lowest BCUT2D eigenvalue weighted by Crippen LogP contribution is -2.29. The third-order valence-electron chi connectivity index (χ3n) is 2.77. The quantitative estimate of drug-likeness (QED) is 0.888. The largest absolute Gasteiger partial charge is 0.390 e. The molecular weight excluding hydrogens is 259 g/mol. The number of hydrogen-bond donors (Lipinski definition) is 1. The molecule has 0 heterocycles. The predicted octanol–water partition coefficient (Wildman–Crippen LogP) is 3.68. The van der Waals surface area contributed by atoms with Crippen molar-refractivity contribution in [3.63, 3.8) is 0 Å². The Morgan fingerprint density at radius 3 is 2.33 bits per heavy atom. The topological polar surface area (TPSA) is 20.2 Å². The van der Waals surface area contributed by atoms with Gasteiger partial charge in [-0.3, -0.25) is 0 Å². The average Bonchev–Trinajstić information content (AvgIpc) is 2.16. The normalized spacial score (nSPS) is 11.8. The zero-order valence-corrected chi connectivity index (χ0v) is 10.6. The van der Waals surface area contributed by atoms with Gasteiger partial charge in [0.25, 0.3) is 0 Å². The fourth-order valence-electron chi connectivity index (χ4n) is 1.59. The minimum atomic E-state index is -0.715. The average molecular weight is 275 g/mol. The molecule has 0 aliphatic carbocycles. The van der Waals surface area contributed by atoms with Crippen LogP contribution in [0.2, 0.25) is 0 Å². The summed E-state index contributed by atoms with van der Waals surface area (Å²) in [5, 5.41) is 10.1. The van der Waals surface area contributed by atoms with E-state index in [9.17, 15) is 9.50 Å². The molecule has 0 radical (unpaired) electrons. The van der Waals surface area contributed by atoms with Crippen molar-refractivity contribution >= 4 is 15.9 Å². The highest BCUT2D eigenvalue weighted by Crippen LogP contribution is 2.23. The molecule has 15 heavy (non-hydrogen) atoms. The van der Waals surface area contributed by atoms with E-state index in [2.05, 4.69) is 15.9 Å². The predicted molar refractivity (Wildman–Crippen MR) is 63.3 cm³/mol. The monoisotopic (exact) mass is 274 g/mol. The number of rotatable bonds is 4. The first-order chi connectivity index (χ1) is 6.99.